The molecule has 1 amide bonds. The maximum absolute atomic E-state index is 12.0. The van der Waals surface area contributed by atoms with Gasteiger partial charge >= 0.3 is 0 Å². The second-order valence-electron chi connectivity index (χ2n) is 4.97. The number of nitrogens with zero attached hydrogens (tertiary/aromatic N) is 1. The van der Waals surface area contributed by atoms with E-state index in [9.17, 15) is 4.79 Å². The van der Waals surface area contributed by atoms with Crippen molar-refractivity contribution in [2.75, 3.05) is 44.0 Å². The molecule has 0 radical (unpaired) electrons. The Hall–Kier alpha value is -1.95. The molecule has 0 saturated carbocycles. The van der Waals surface area contributed by atoms with E-state index in [4.69, 9.17) is 15.2 Å². The summed E-state index contributed by atoms with van der Waals surface area (Å²) in [6, 6.07) is 5.30. The lowest BCUT2D eigenvalue weighted by atomic mass is 10.1. The number of morpholine rings is 1. The number of carbonyl (C=O) groups is 1. The molecule has 1 aliphatic rings. The second-order valence-corrected chi connectivity index (χ2v) is 4.97. The molecule has 1 aromatic rings. The molecule has 116 valence electrons. The van der Waals surface area contributed by atoms with Crippen LogP contribution in [0, 0.1) is 0 Å². The fraction of sp³-hybridized carbons (Fsp3) is 0.533. The first-order valence-corrected chi connectivity index (χ1v) is 7.25. The summed E-state index contributed by atoms with van der Waals surface area (Å²) in [5.41, 5.74) is 7.46. The molecule has 1 fully saturated rings. The summed E-state index contributed by atoms with van der Waals surface area (Å²) in [6.07, 6.45) is 0.919. The fourth-order valence-electron chi connectivity index (χ4n) is 2.34. The minimum Gasteiger partial charge on any atom is -0.491 e. The lowest BCUT2D eigenvalue weighted by molar-refractivity contribution is -0.124. The van der Waals surface area contributed by atoms with Gasteiger partial charge in [0.25, 0.3) is 0 Å². The average molecular weight is 293 g/mol. The summed E-state index contributed by atoms with van der Waals surface area (Å²) in [5, 5.41) is 2.68. The number of nitrogens with two attached hydrogens (primary N) is 1. The van der Waals surface area contributed by atoms with E-state index in [0.29, 0.717) is 37.8 Å². The smallest absolute Gasteiger partial charge is 0.244 e. The van der Waals surface area contributed by atoms with E-state index >= 15 is 0 Å². The van der Waals surface area contributed by atoms with E-state index in [1.165, 1.54) is 0 Å². The van der Waals surface area contributed by atoms with Crippen molar-refractivity contribution >= 4 is 17.3 Å². The number of carbonyl (C=O) groups excluding carboxylic acids is 1. The number of benzene rings is 1. The van der Waals surface area contributed by atoms with Crippen molar-refractivity contribution in [3.8, 4) is 5.75 Å². The number of ether oxygens (including phenoxy) is 2. The molecule has 6 heteroatoms. The Morgan fingerprint density at radius 3 is 3.10 bits per heavy atom. The van der Waals surface area contributed by atoms with Crippen molar-refractivity contribution in [2.45, 2.75) is 19.4 Å². The van der Waals surface area contributed by atoms with Gasteiger partial charge in [-0.15, -0.1) is 0 Å². The third kappa shape index (κ3) is 3.58. The molecular weight excluding hydrogens is 270 g/mol. The van der Waals surface area contributed by atoms with E-state index in [1.807, 2.05) is 30.0 Å². The summed E-state index contributed by atoms with van der Waals surface area (Å²) in [6.45, 7) is 4.31. The Morgan fingerprint density at radius 2 is 2.38 bits per heavy atom. The van der Waals surface area contributed by atoms with Crippen molar-refractivity contribution in [1.29, 1.82) is 0 Å². The molecule has 1 heterocycles. The van der Waals surface area contributed by atoms with E-state index in [-0.39, 0.29) is 11.9 Å². The number of rotatable bonds is 5. The van der Waals surface area contributed by atoms with Crippen molar-refractivity contribution in [3.63, 3.8) is 0 Å². The number of hydrogen-bond donors (Lipinski definition) is 2. The van der Waals surface area contributed by atoms with Crippen molar-refractivity contribution < 1.29 is 14.3 Å². The Balaban J connectivity index is 2.23. The first-order chi connectivity index (χ1) is 10.2. The molecule has 1 aromatic carbocycles. The van der Waals surface area contributed by atoms with E-state index in [0.717, 1.165) is 12.1 Å². The largest absolute Gasteiger partial charge is 0.491 e. The van der Waals surface area contributed by atoms with Gasteiger partial charge in [-0.2, -0.15) is 0 Å². The number of anilines is 2. The highest BCUT2D eigenvalue weighted by molar-refractivity contribution is 5.85. The SMILES string of the molecule is CCCOc1cc(N2CCOCC2C(=O)NC)ccc1N. The highest BCUT2D eigenvalue weighted by Gasteiger charge is 2.29. The maximum Gasteiger partial charge on any atom is 0.244 e. The minimum atomic E-state index is -0.327. The molecule has 1 aliphatic heterocycles. The van der Waals surface area contributed by atoms with Crippen LogP contribution < -0.4 is 20.7 Å². The topological polar surface area (TPSA) is 76.8 Å². The fourth-order valence-corrected chi connectivity index (χ4v) is 2.34. The number of hydrogen-bond acceptors (Lipinski definition) is 5. The van der Waals surface area contributed by atoms with Crippen LogP contribution in [-0.2, 0) is 9.53 Å². The van der Waals surface area contributed by atoms with E-state index in [1.54, 1.807) is 7.05 Å². The number of nitrogen functional groups attached to an aromatic ring is 1. The van der Waals surface area contributed by atoms with Crippen LogP contribution in [0.4, 0.5) is 11.4 Å². The van der Waals surface area contributed by atoms with Crippen LogP contribution in [0.5, 0.6) is 5.75 Å². The van der Waals surface area contributed by atoms with Gasteiger partial charge in [0.2, 0.25) is 5.91 Å². The first-order valence-electron chi connectivity index (χ1n) is 7.25. The summed E-state index contributed by atoms with van der Waals surface area (Å²) in [4.78, 5) is 14.0. The molecule has 1 atom stereocenters. The van der Waals surface area contributed by atoms with Gasteiger partial charge in [0.1, 0.15) is 11.8 Å². The molecule has 3 N–H and O–H groups in total. The van der Waals surface area contributed by atoms with E-state index < -0.39 is 0 Å². The highest BCUT2D eigenvalue weighted by Crippen LogP contribution is 2.29. The summed E-state index contributed by atoms with van der Waals surface area (Å²) < 4.78 is 11.1. The summed E-state index contributed by atoms with van der Waals surface area (Å²) >= 11 is 0. The van der Waals surface area contributed by atoms with Crippen LogP contribution in [0.1, 0.15) is 13.3 Å². The van der Waals surface area contributed by atoms with Crippen LogP contribution in [0.15, 0.2) is 18.2 Å². The zero-order chi connectivity index (χ0) is 15.2. The zero-order valence-corrected chi connectivity index (χ0v) is 12.6. The van der Waals surface area contributed by atoms with Gasteiger partial charge in [0.15, 0.2) is 0 Å². The number of nitrogens with one attached hydrogen (secondary N) is 1. The molecule has 1 unspecified atom stereocenters. The molecular formula is C15H23N3O3. The quantitative estimate of drug-likeness (QED) is 0.792. The normalized spacial score (nSPS) is 18.4. The third-order valence-electron chi connectivity index (χ3n) is 3.47. The molecule has 0 bridgehead atoms. The van der Waals surface area contributed by atoms with Gasteiger partial charge < -0.3 is 25.4 Å². The van der Waals surface area contributed by atoms with Crippen molar-refractivity contribution in [2.24, 2.45) is 0 Å². The Kier molecular flexibility index (Phi) is 5.27. The van der Waals surface area contributed by atoms with Crippen molar-refractivity contribution in [1.82, 2.24) is 5.32 Å². The summed E-state index contributed by atoms with van der Waals surface area (Å²) in [5.74, 6) is 0.610. The van der Waals surface area contributed by atoms with Crippen LogP contribution in [-0.4, -0.2) is 45.4 Å². The van der Waals surface area contributed by atoms with Gasteiger partial charge in [-0.1, -0.05) is 6.92 Å². The van der Waals surface area contributed by atoms with Gasteiger partial charge in [0.05, 0.1) is 25.5 Å². The average Bonchev–Trinajstić information content (AvgIpc) is 2.53. The van der Waals surface area contributed by atoms with Crippen LogP contribution >= 0.6 is 0 Å². The van der Waals surface area contributed by atoms with Gasteiger partial charge in [-0.05, 0) is 18.6 Å². The van der Waals surface area contributed by atoms with Gasteiger partial charge in [-0.25, -0.2) is 0 Å². The lowest BCUT2D eigenvalue weighted by Crippen LogP contribution is -2.53. The highest BCUT2D eigenvalue weighted by atomic mass is 16.5. The second kappa shape index (κ2) is 7.17. The van der Waals surface area contributed by atoms with E-state index in [2.05, 4.69) is 5.32 Å². The van der Waals surface area contributed by atoms with Crippen LogP contribution in [0.2, 0.25) is 0 Å². The Labute approximate surface area is 125 Å². The predicted octanol–water partition coefficient (Wildman–Crippen LogP) is 1.01. The molecule has 21 heavy (non-hydrogen) atoms. The Morgan fingerprint density at radius 1 is 1.57 bits per heavy atom. The van der Waals surface area contributed by atoms with Crippen LogP contribution in [0.3, 0.4) is 0 Å². The zero-order valence-electron chi connectivity index (χ0n) is 12.6. The number of amides is 1. The van der Waals surface area contributed by atoms with Gasteiger partial charge in [0, 0.05) is 25.3 Å². The predicted molar refractivity (Wildman–Crippen MR) is 82.7 cm³/mol. The molecule has 6 nitrogen and oxygen atoms in total. The third-order valence-corrected chi connectivity index (χ3v) is 3.47. The van der Waals surface area contributed by atoms with Gasteiger partial charge in [-0.3, -0.25) is 4.79 Å². The van der Waals surface area contributed by atoms with Crippen molar-refractivity contribution in [3.05, 3.63) is 18.2 Å². The lowest BCUT2D eigenvalue weighted by Gasteiger charge is -2.36. The standard InChI is InChI=1S/C15H23N3O3/c1-3-7-21-14-9-11(4-5-12(14)16)18-6-8-20-10-13(18)15(19)17-2/h4-5,9,13H,3,6-8,10,16H2,1-2H3,(H,17,19). The monoisotopic (exact) mass is 293 g/mol. The molecule has 0 aromatic heterocycles. The Bertz CT molecular complexity index is 493. The minimum absolute atomic E-state index is 0.0532. The first kappa shape index (κ1) is 15.4. The molecule has 0 spiro atoms. The summed E-state index contributed by atoms with van der Waals surface area (Å²) in [7, 11) is 1.63. The van der Waals surface area contributed by atoms with Crippen LogP contribution in [0.25, 0.3) is 0 Å². The molecule has 0 aliphatic carbocycles. The number of likely N-dealkylation sites (N-methyl/N-ethyl adjacent to an activating group) is 1. The maximum atomic E-state index is 12.0. The molecule has 1 saturated heterocycles. The molecule has 2 rings (SSSR count).